The summed E-state index contributed by atoms with van der Waals surface area (Å²) in [6, 6.07) is 18.2. The molecule has 4 nitrogen and oxygen atoms in total. The lowest BCUT2D eigenvalue weighted by molar-refractivity contribution is 0.222. The first-order valence-corrected chi connectivity index (χ1v) is 8.42. The first-order valence-electron chi connectivity index (χ1n) is 7.34. The third-order valence-corrected chi connectivity index (χ3v) is 4.68. The molecule has 0 radical (unpaired) electrons. The lowest BCUT2D eigenvalue weighted by Crippen LogP contribution is -2.35. The Kier molecular flexibility index (Phi) is 4.82. The highest BCUT2D eigenvalue weighted by Gasteiger charge is 2.26. The molecule has 2 amide bonds. The number of rotatable bonds is 3. The van der Waals surface area contributed by atoms with Gasteiger partial charge in [-0.3, -0.25) is 0 Å². The maximum atomic E-state index is 12.3. The van der Waals surface area contributed by atoms with Crippen molar-refractivity contribution in [1.82, 2.24) is 4.90 Å². The molecule has 5 heteroatoms. The van der Waals surface area contributed by atoms with Gasteiger partial charge in [0.25, 0.3) is 0 Å². The molecule has 1 unspecified atom stereocenters. The summed E-state index contributed by atoms with van der Waals surface area (Å²) in [5.74, 6) is 0. The number of halogens is 1. The molecule has 2 aromatic carbocycles. The standard InChI is InChI=1S/C17H18IN3O/c18-15-8-4-5-9-16(15)20-17(22)21-11-10-14(12-21)19-13-6-2-1-3-7-13/h1-9,14,19H,10-12H2,(H,20,22). The normalized spacial score (nSPS) is 17.3. The number of amides is 2. The first kappa shape index (κ1) is 15.1. The predicted molar refractivity (Wildman–Crippen MR) is 98.2 cm³/mol. The van der Waals surface area contributed by atoms with Crippen LogP contribution in [0.4, 0.5) is 16.2 Å². The number of carbonyl (C=O) groups excluding carboxylic acids is 1. The summed E-state index contributed by atoms with van der Waals surface area (Å²) in [7, 11) is 0. The number of para-hydroxylation sites is 2. The predicted octanol–water partition coefficient (Wildman–Crippen LogP) is 4.01. The SMILES string of the molecule is O=C(Nc1ccccc1I)N1CCC(Nc2ccccc2)C1. The van der Waals surface area contributed by atoms with Gasteiger partial charge in [0.05, 0.1) is 5.69 Å². The average molecular weight is 407 g/mol. The van der Waals surface area contributed by atoms with Crippen molar-refractivity contribution < 1.29 is 4.79 Å². The Morgan fingerprint density at radius 3 is 2.59 bits per heavy atom. The molecule has 1 heterocycles. The quantitative estimate of drug-likeness (QED) is 0.756. The number of hydrogen-bond acceptors (Lipinski definition) is 2. The van der Waals surface area contributed by atoms with E-state index in [2.05, 4.69) is 45.4 Å². The van der Waals surface area contributed by atoms with Crippen molar-refractivity contribution in [3.8, 4) is 0 Å². The highest BCUT2D eigenvalue weighted by atomic mass is 127. The molecule has 0 aromatic heterocycles. The minimum atomic E-state index is -0.0264. The van der Waals surface area contributed by atoms with Crippen LogP contribution in [0.5, 0.6) is 0 Å². The number of nitrogens with zero attached hydrogens (tertiary/aromatic N) is 1. The van der Waals surface area contributed by atoms with Gasteiger partial charge in [0.15, 0.2) is 0 Å². The molecule has 0 bridgehead atoms. The fourth-order valence-corrected chi connectivity index (χ4v) is 3.11. The molecule has 0 spiro atoms. The van der Waals surface area contributed by atoms with Crippen LogP contribution in [0.2, 0.25) is 0 Å². The van der Waals surface area contributed by atoms with E-state index in [1.165, 1.54) is 0 Å². The number of benzene rings is 2. The van der Waals surface area contributed by atoms with Gasteiger partial charge in [-0.1, -0.05) is 30.3 Å². The smallest absolute Gasteiger partial charge is 0.321 e. The highest BCUT2D eigenvalue weighted by molar-refractivity contribution is 14.1. The Labute approximate surface area is 144 Å². The van der Waals surface area contributed by atoms with Crippen LogP contribution in [0.15, 0.2) is 54.6 Å². The highest BCUT2D eigenvalue weighted by Crippen LogP contribution is 2.20. The van der Waals surface area contributed by atoms with E-state index in [-0.39, 0.29) is 6.03 Å². The third-order valence-electron chi connectivity index (χ3n) is 3.74. The van der Waals surface area contributed by atoms with Crippen LogP contribution in [0.3, 0.4) is 0 Å². The van der Waals surface area contributed by atoms with Crippen LogP contribution < -0.4 is 10.6 Å². The second-order valence-corrected chi connectivity index (χ2v) is 6.51. The van der Waals surface area contributed by atoms with Crippen LogP contribution in [0.25, 0.3) is 0 Å². The lowest BCUT2D eigenvalue weighted by atomic mass is 10.2. The van der Waals surface area contributed by atoms with E-state index in [1.807, 2.05) is 47.4 Å². The fourth-order valence-electron chi connectivity index (χ4n) is 2.59. The molecule has 0 saturated carbocycles. The molecule has 3 rings (SSSR count). The number of carbonyl (C=O) groups is 1. The van der Waals surface area contributed by atoms with Crippen LogP contribution >= 0.6 is 22.6 Å². The molecule has 1 aliphatic heterocycles. The molecule has 1 fully saturated rings. The summed E-state index contributed by atoms with van der Waals surface area (Å²) in [6.45, 7) is 1.50. The van der Waals surface area contributed by atoms with Gasteiger partial charge >= 0.3 is 6.03 Å². The third kappa shape index (κ3) is 3.71. The molecule has 1 atom stereocenters. The van der Waals surface area contributed by atoms with E-state index in [4.69, 9.17) is 0 Å². The summed E-state index contributed by atoms with van der Waals surface area (Å²) in [4.78, 5) is 14.2. The number of urea groups is 1. The van der Waals surface area contributed by atoms with Gasteiger partial charge in [-0.15, -0.1) is 0 Å². The summed E-state index contributed by atoms with van der Waals surface area (Å²) >= 11 is 2.23. The topological polar surface area (TPSA) is 44.4 Å². The summed E-state index contributed by atoms with van der Waals surface area (Å²) in [5, 5.41) is 6.47. The average Bonchev–Trinajstić information content (AvgIpc) is 2.99. The van der Waals surface area contributed by atoms with Crippen molar-refractivity contribution in [2.75, 3.05) is 23.7 Å². The largest absolute Gasteiger partial charge is 0.380 e. The van der Waals surface area contributed by atoms with E-state index in [0.717, 1.165) is 34.5 Å². The monoisotopic (exact) mass is 407 g/mol. The zero-order valence-electron chi connectivity index (χ0n) is 12.1. The van der Waals surface area contributed by atoms with Gasteiger partial charge in [0.2, 0.25) is 0 Å². The second-order valence-electron chi connectivity index (χ2n) is 5.35. The maximum Gasteiger partial charge on any atom is 0.321 e. The van der Waals surface area contributed by atoms with Gasteiger partial charge in [-0.05, 0) is 53.3 Å². The van der Waals surface area contributed by atoms with Gasteiger partial charge in [0.1, 0.15) is 0 Å². The molecule has 22 heavy (non-hydrogen) atoms. The Balaban J connectivity index is 1.56. The molecular formula is C17H18IN3O. The van der Waals surface area contributed by atoms with Gasteiger partial charge < -0.3 is 15.5 Å². The number of likely N-dealkylation sites (tertiary alicyclic amines) is 1. The zero-order chi connectivity index (χ0) is 15.4. The van der Waals surface area contributed by atoms with Gasteiger partial charge in [-0.2, -0.15) is 0 Å². The summed E-state index contributed by atoms with van der Waals surface area (Å²) in [6.07, 6.45) is 0.966. The minimum Gasteiger partial charge on any atom is -0.380 e. The Bertz CT molecular complexity index is 647. The second kappa shape index (κ2) is 7.00. The molecule has 114 valence electrons. The van der Waals surface area contributed by atoms with Crippen molar-refractivity contribution >= 4 is 40.0 Å². The van der Waals surface area contributed by atoms with Crippen LogP contribution in [-0.4, -0.2) is 30.1 Å². The lowest BCUT2D eigenvalue weighted by Gasteiger charge is -2.19. The summed E-state index contributed by atoms with van der Waals surface area (Å²) in [5.41, 5.74) is 1.97. The fraction of sp³-hybridized carbons (Fsp3) is 0.235. The number of nitrogens with one attached hydrogen (secondary N) is 2. The molecule has 0 aliphatic carbocycles. The molecule has 1 saturated heterocycles. The zero-order valence-corrected chi connectivity index (χ0v) is 14.3. The maximum absolute atomic E-state index is 12.3. The first-order chi connectivity index (χ1) is 10.7. The van der Waals surface area contributed by atoms with Gasteiger partial charge in [-0.25, -0.2) is 4.79 Å². The van der Waals surface area contributed by atoms with Crippen molar-refractivity contribution in [3.05, 3.63) is 58.2 Å². The number of hydrogen-bond donors (Lipinski definition) is 2. The Hall–Kier alpha value is -1.76. The van der Waals surface area contributed by atoms with Crippen molar-refractivity contribution in [2.45, 2.75) is 12.5 Å². The van der Waals surface area contributed by atoms with E-state index in [0.29, 0.717) is 6.04 Å². The molecule has 2 aromatic rings. The molecular weight excluding hydrogens is 389 g/mol. The van der Waals surface area contributed by atoms with E-state index < -0.39 is 0 Å². The Morgan fingerprint density at radius 2 is 1.82 bits per heavy atom. The van der Waals surface area contributed by atoms with Crippen molar-refractivity contribution in [1.29, 1.82) is 0 Å². The van der Waals surface area contributed by atoms with Crippen LogP contribution in [-0.2, 0) is 0 Å². The van der Waals surface area contributed by atoms with Crippen molar-refractivity contribution in [3.63, 3.8) is 0 Å². The van der Waals surface area contributed by atoms with Crippen LogP contribution in [0.1, 0.15) is 6.42 Å². The van der Waals surface area contributed by atoms with E-state index >= 15 is 0 Å². The summed E-state index contributed by atoms with van der Waals surface area (Å²) < 4.78 is 1.05. The molecule has 2 N–H and O–H groups in total. The van der Waals surface area contributed by atoms with Crippen LogP contribution in [0, 0.1) is 3.57 Å². The minimum absolute atomic E-state index is 0.0264. The van der Waals surface area contributed by atoms with E-state index in [1.54, 1.807) is 0 Å². The van der Waals surface area contributed by atoms with E-state index in [9.17, 15) is 4.79 Å². The number of anilines is 2. The van der Waals surface area contributed by atoms with Gasteiger partial charge in [0, 0.05) is 28.4 Å². The van der Waals surface area contributed by atoms with Crippen molar-refractivity contribution in [2.24, 2.45) is 0 Å². The molecule has 1 aliphatic rings. The Morgan fingerprint density at radius 1 is 1.09 bits per heavy atom.